The number of hydrogen-bond donors (Lipinski definition) is 2. The molecule has 122 valence electrons. The van der Waals surface area contributed by atoms with Crippen molar-refractivity contribution in [2.24, 2.45) is 0 Å². The van der Waals surface area contributed by atoms with E-state index < -0.39 is 0 Å². The molecule has 1 amide bonds. The molecule has 2 aromatic carbocycles. The van der Waals surface area contributed by atoms with Crippen LogP contribution in [-0.2, 0) is 11.3 Å². The zero-order valence-corrected chi connectivity index (χ0v) is 14.1. The Morgan fingerprint density at radius 3 is 2.39 bits per heavy atom. The van der Waals surface area contributed by atoms with Gasteiger partial charge in [-0.1, -0.05) is 24.3 Å². The lowest BCUT2D eigenvalue weighted by Crippen LogP contribution is -2.21. The average molecular weight is 311 g/mol. The number of nitrogens with one attached hydrogen (secondary N) is 2. The molecular formula is C19H25N3O. The van der Waals surface area contributed by atoms with Gasteiger partial charge in [-0.3, -0.25) is 4.79 Å². The number of carbonyl (C=O) groups excluding carboxylic acids is 1. The van der Waals surface area contributed by atoms with Crippen molar-refractivity contribution in [3.05, 3.63) is 59.7 Å². The number of amides is 1. The van der Waals surface area contributed by atoms with E-state index in [1.807, 2.05) is 55.4 Å². The summed E-state index contributed by atoms with van der Waals surface area (Å²) in [6.45, 7) is 3.55. The van der Waals surface area contributed by atoms with Gasteiger partial charge in [0.15, 0.2) is 0 Å². The number of rotatable bonds is 7. The van der Waals surface area contributed by atoms with Gasteiger partial charge in [0.1, 0.15) is 0 Å². The minimum Gasteiger partial charge on any atom is -0.378 e. The van der Waals surface area contributed by atoms with Crippen LogP contribution in [0.1, 0.15) is 17.5 Å². The normalized spacial score (nSPS) is 10.4. The van der Waals surface area contributed by atoms with Crippen LogP contribution in [-0.4, -0.2) is 26.5 Å². The van der Waals surface area contributed by atoms with Gasteiger partial charge in [-0.05, 0) is 42.3 Å². The molecule has 0 spiro atoms. The summed E-state index contributed by atoms with van der Waals surface area (Å²) in [6, 6.07) is 16.1. The van der Waals surface area contributed by atoms with Crippen LogP contribution in [0, 0.1) is 6.92 Å². The Hall–Kier alpha value is -2.33. The first-order chi connectivity index (χ1) is 11.1. The number of benzene rings is 2. The average Bonchev–Trinajstić information content (AvgIpc) is 2.53. The van der Waals surface area contributed by atoms with Gasteiger partial charge in [-0.2, -0.15) is 0 Å². The topological polar surface area (TPSA) is 44.4 Å². The van der Waals surface area contributed by atoms with Gasteiger partial charge in [0.05, 0.1) is 0 Å². The summed E-state index contributed by atoms with van der Waals surface area (Å²) in [7, 11) is 3.99. The minimum atomic E-state index is 0.0277. The van der Waals surface area contributed by atoms with Crippen LogP contribution < -0.4 is 15.5 Å². The molecule has 0 fully saturated rings. The molecule has 2 aromatic rings. The molecule has 0 saturated carbocycles. The van der Waals surface area contributed by atoms with Crippen LogP contribution in [0.4, 0.5) is 11.4 Å². The lowest BCUT2D eigenvalue weighted by molar-refractivity contribution is -0.116. The first-order valence-electron chi connectivity index (χ1n) is 7.89. The van der Waals surface area contributed by atoms with E-state index in [9.17, 15) is 4.79 Å². The maximum atomic E-state index is 11.9. The predicted octanol–water partition coefficient (Wildman–Crippen LogP) is 3.18. The Bertz CT molecular complexity index is 635. The van der Waals surface area contributed by atoms with Crippen molar-refractivity contribution in [2.75, 3.05) is 30.9 Å². The van der Waals surface area contributed by atoms with Crippen molar-refractivity contribution in [1.82, 2.24) is 5.32 Å². The summed E-state index contributed by atoms with van der Waals surface area (Å²) in [5.74, 6) is 0.0277. The van der Waals surface area contributed by atoms with Crippen molar-refractivity contribution >= 4 is 17.3 Å². The van der Waals surface area contributed by atoms with E-state index in [1.165, 1.54) is 11.1 Å². The first-order valence-corrected chi connectivity index (χ1v) is 7.89. The SMILES string of the molecule is Cc1ccccc1CNCCC(=O)Nc1ccc(N(C)C)cc1. The van der Waals surface area contributed by atoms with Crippen LogP contribution in [0.15, 0.2) is 48.5 Å². The number of anilines is 2. The molecule has 2 N–H and O–H groups in total. The van der Waals surface area contributed by atoms with Gasteiger partial charge < -0.3 is 15.5 Å². The van der Waals surface area contributed by atoms with Gasteiger partial charge in [0, 0.05) is 45.0 Å². The second-order valence-corrected chi connectivity index (χ2v) is 5.84. The Morgan fingerprint density at radius 1 is 1.04 bits per heavy atom. The first kappa shape index (κ1) is 17.0. The summed E-state index contributed by atoms with van der Waals surface area (Å²) in [5.41, 5.74) is 4.49. The van der Waals surface area contributed by atoms with Gasteiger partial charge in [0.2, 0.25) is 5.91 Å². The molecule has 0 aliphatic carbocycles. The van der Waals surface area contributed by atoms with Crippen molar-refractivity contribution in [1.29, 1.82) is 0 Å². The van der Waals surface area contributed by atoms with Crippen LogP contribution in [0.5, 0.6) is 0 Å². The third kappa shape index (κ3) is 5.42. The van der Waals surface area contributed by atoms with Gasteiger partial charge in [-0.15, -0.1) is 0 Å². The van der Waals surface area contributed by atoms with E-state index in [4.69, 9.17) is 0 Å². The Balaban J connectivity index is 1.72. The Morgan fingerprint density at radius 2 is 1.74 bits per heavy atom. The molecule has 0 bridgehead atoms. The molecule has 2 rings (SSSR count). The molecule has 4 heteroatoms. The quantitative estimate of drug-likeness (QED) is 0.772. The van der Waals surface area contributed by atoms with Gasteiger partial charge in [0.25, 0.3) is 0 Å². The van der Waals surface area contributed by atoms with Crippen molar-refractivity contribution in [3.8, 4) is 0 Å². The zero-order valence-electron chi connectivity index (χ0n) is 14.1. The molecule has 0 radical (unpaired) electrons. The molecule has 0 aliphatic rings. The molecule has 4 nitrogen and oxygen atoms in total. The fourth-order valence-corrected chi connectivity index (χ4v) is 2.30. The van der Waals surface area contributed by atoms with Crippen LogP contribution in [0.3, 0.4) is 0 Å². The fraction of sp³-hybridized carbons (Fsp3) is 0.316. The van der Waals surface area contributed by atoms with E-state index in [1.54, 1.807) is 0 Å². The fourth-order valence-electron chi connectivity index (χ4n) is 2.30. The number of carbonyl (C=O) groups is 1. The smallest absolute Gasteiger partial charge is 0.225 e. The number of nitrogens with zero attached hydrogens (tertiary/aromatic N) is 1. The van der Waals surface area contributed by atoms with E-state index >= 15 is 0 Å². The van der Waals surface area contributed by atoms with Gasteiger partial charge >= 0.3 is 0 Å². The summed E-state index contributed by atoms with van der Waals surface area (Å²) >= 11 is 0. The molecule has 23 heavy (non-hydrogen) atoms. The van der Waals surface area contributed by atoms with Crippen molar-refractivity contribution in [3.63, 3.8) is 0 Å². The van der Waals surface area contributed by atoms with E-state index in [2.05, 4.69) is 29.7 Å². The monoisotopic (exact) mass is 311 g/mol. The maximum absolute atomic E-state index is 11.9. The Labute approximate surface area is 138 Å². The van der Waals surface area contributed by atoms with E-state index in [0.29, 0.717) is 13.0 Å². The molecule has 0 heterocycles. The second kappa shape index (κ2) is 8.34. The molecule has 0 unspecified atom stereocenters. The zero-order chi connectivity index (χ0) is 16.7. The van der Waals surface area contributed by atoms with Crippen LogP contribution in [0.2, 0.25) is 0 Å². The molecule has 0 atom stereocenters. The van der Waals surface area contributed by atoms with Crippen LogP contribution >= 0.6 is 0 Å². The highest BCUT2D eigenvalue weighted by Gasteiger charge is 2.03. The second-order valence-electron chi connectivity index (χ2n) is 5.84. The predicted molar refractivity (Wildman–Crippen MR) is 96.9 cm³/mol. The molecule has 0 aromatic heterocycles. The van der Waals surface area contributed by atoms with Gasteiger partial charge in [-0.25, -0.2) is 0 Å². The minimum absolute atomic E-state index is 0.0277. The number of hydrogen-bond acceptors (Lipinski definition) is 3. The summed E-state index contributed by atoms with van der Waals surface area (Å²) in [6.07, 6.45) is 0.460. The van der Waals surface area contributed by atoms with Crippen molar-refractivity contribution < 1.29 is 4.79 Å². The summed E-state index contributed by atoms with van der Waals surface area (Å²) < 4.78 is 0. The highest BCUT2D eigenvalue weighted by molar-refractivity contribution is 5.91. The van der Waals surface area contributed by atoms with Crippen LogP contribution in [0.25, 0.3) is 0 Å². The largest absolute Gasteiger partial charge is 0.378 e. The molecular weight excluding hydrogens is 286 g/mol. The highest BCUT2D eigenvalue weighted by atomic mass is 16.1. The highest BCUT2D eigenvalue weighted by Crippen LogP contribution is 2.15. The molecule has 0 saturated heterocycles. The number of aryl methyl sites for hydroxylation is 1. The standard InChI is InChI=1S/C19H25N3O/c1-15-6-4-5-7-16(15)14-20-13-12-19(23)21-17-8-10-18(11-9-17)22(2)3/h4-11,20H,12-14H2,1-3H3,(H,21,23). The lowest BCUT2D eigenvalue weighted by Gasteiger charge is -2.13. The third-order valence-electron chi connectivity index (χ3n) is 3.77. The van der Waals surface area contributed by atoms with E-state index in [0.717, 1.165) is 17.9 Å². The van der Waals surface area contributed by atoms with E-state index in [-0.39, 0.29) is 5.91 Å². The maximum Gasteiger partial charge on any atom is 0.225 e. The summed E-state index contributed by atoms with van der Waals surface area (Å²) in [4.78, 5) is 14.0. The Kier molecular flexibility index (Phi) is 6.18. The third-order valence-corrected chi connectivity index (χ3v) is 3.77. The van der Waals surface area contributed by atoms with Crippen molar-refractivity contribution in [2.45, 2.75) is 19.9 Å². The lowest BCUT2D eigenvalue weighted by atomic mass is 10.1. The molecule has 0 aliphatic heterocycles. The summed E-state index contributed by atoms with van der Waals surface area (Å²) in [5, 5.41) is 6.24.